The van der Waals surface area contributed by atoms with E-state index in [4.69, 9.17) is 15.0 Å². The van der Waals surface area contributed by atoms with Crippen LogP contribution in [0.4, 0.5) is 11.6 Å². The summed E-state index contributed by atoms with van der Waals surface area (Å²) in [4.78, 5) is 14.1. The lowest BCUT2D eigenvalue weighted by Crippen LogP contribution is -2.12. The number of benzene rings is 1. The zero-order chi connectivity index (χ0) is 26.2. The van der Waals surface area contributed by atoms with Gasteiger partial charge in [0.15, 0.2) is 10.3 Å². The van der Waals surface area contributed by atoms with Gasteiger partial charge in [-0.25, -0.2) is 0 Å². The number of phenolic OH excluding ortho intramolecular Hbond substituents is 1. The fourth-order valence-electron chi connectivity index (χ4n) is 3.98. The van der Waals surface area contributed by atoms with Crippen LogP contribution in [0.1, 0.15) is 117 Å². The van der Waals surface area contributed by atoms with E-state index in [9.17, 15) is 5.11 Å². The third-order valence-electron chi connectivity index (χ3n) is 6.14. The molecule has 0 amide bonds. The van der Waals surface area contributed by atoms with Gasteiger partial charge in [0.1, 0.15) is 5.75 Å². The second-order valence-corrected chi connectivity index (χ2v) is 12.7. The van der Waals surface area contributed by atoms with Crippen LogP contribution in [0, 0.1) is 0 Å². The zero-order valence-electron chi connectivity index (χ0n) is 23.2. The molecule has 0 bridgehead atoms. The molecule has 7 heteroatoms. The molecule has 1 heterocycles. The maximum absolute atomic E-state index is 10.9. The van der Waals surface area contributed by atoms with Gasteiger partial charge in [0.2, 0.25) is 5.95 Å². The number of phenols is 1. The van der Waals surface area contributed by atoms with Gasteiger partial charge in [-0.05, 0) is 24.3 Å². The van der Waals surface area contributed by atoms with E-state index in [1.807, 2.05) is 18.2 Å². The summed E-state index contributed by atoms with van der Waals surface area (Å²) in [5.74, 6) is 2.79. The highest BCUT2D eigenvalue weighted by Gasteiger charge is 2.20. The summed E-state index contributed by atoms with van der Waals surface area (Å²) < 4.78 is 0. The molecule has 2 rings (SSSR count). The molecule has 2 aromatic rings. The number of unbranched alkanes of at least 4 members (excludes halogenated alkanes) is 10. The summed E-state index contributed by atoms with van der Waals surface area (Å²) in [6.07, 6.45) is 15.4. The molecular formula is C29H48N4OS2. The predicted octanol–water partition coefficient (Wildman–Crippen LogP) is 9.52. The molecular weight excluding hydrogens is 484 g/mol. The van der Waals surface area contributed by atoms with Crippen LogP contribution in [-0.4, -0.2) is 31.6 Å². The van der Waals surface area contributed by atoms with Crippen molar-refractivity contribution in [3.63, 3.8) is 0 Å². The Morgan fingerprint density at radius 2 is 1.22 bits per heavy atom. The lowest BCUT2D eigenvalue weighted by Gasteiger charge is -2.22. The van der Waals surface area contributed by atoms with Crippen molar-refractivity contribution >= 4 is 35.2 Å². The number of hydrogen-bond acceptors (Lipinski definition) is 7. The van der Waals surface area contributed by atoms with Gasteiger partial charge < -0.3 is 10.4 Å². The van der Waals surface area contributed by atoms with Crippen molar-refractivity contribution < 1.29 is 5.11 Å². The van der Waals surface area contributed by atoms with Crippen LogP contribution in [0.5, 0.6) is 5.75 Å². The van der Waals surface area contributed by atoms with Crippen molar-refractivity contribution in [1.29, 1.82) is 0 Å². The monoisotopic (exact) mass is 532 g/mol. The fourth-order valence-corrected chi connectivity index (χ4v) is 5.71. The Labute approximate surface area is 228 Å². The van der Waals surface area contributed by atoms with Crippen molar-refractivity contribution in [3.8, 4) is 5.75 Å². The SMILES string of the molecule is CCCCCCCCSc1nc(Nc2cccc(C(C)(C)C)c2O)nc(SCCCCCCCC)n1. The van der Waals surface area contributed by atoms with Gasteiger partial charge in [0, 0.05) is 17.1 Å². The molecule has 0 radical (unpaired) electrons. The Morgan fingerprint density at radius 1 is 0.722 bits per heavy atom. The Morgan fingerprint density at radius 3 is 1.72 bits per heavy atom. The summed E-state index contributed by atoms with van der Waals surface area (Å²) in [5.41, 5.74) is 1.38. The number of anilines is 2. The van der Waals surface area contributed by atoms with Crippen LogP contribution >= 0.6 is 23.5 Å². The van der Waals surface area contributed by atoms with E-state index in [2.05, 4.69) is 39.9 Å². The van der Waals surface area contributed by atoms with Gasteiger partial charge in [-0.15, -0.1) is 0 Å². The first-order valence-corrected chi connectivity index (χ1v) is 15.9. The molecule has 0 aliphatic rings. The molecule has 0 fully saturated rings. The van der Waals surface area contributed by atoms with Crippen molar-refractivity contribution in [2.24, 2.45) is 0 Å². The fraction of sp³-hybridized carbons (Fsp3) is 0.690. The molecule has 1 aromatic heterocycles. The number of para-hydroxylation sites is 1. The molecule has 0 saturated carbocycles. The summed E-state index contributed by atoms with van der Waals surface area (Å²) in [7, 11) is 0. The van der Waals surface area contributed by atoms with Gasteiger partial charge in [-0.1, -0.05) is 134 Å². The quantitative estimate of drug-likeness (QED) is 0.112. The first kappa shape index (κ1) is 30.8. The van der Waals surface area contributed by atoms with Crippen molar-refractivity contribution in [1.82, 2.24) is 15.0 Å². The summed E-state index contributed by atoms with van der Waals surface area (Å²) in [6.45, 7) is 10.8. The highest BCUT2D eigenvalue weighted by Crippen LogP contribution is 2.37. The van der Waals surface area contributed by atoms with Crippen molar-refractivity contribution in [3.05, 3.63) is 23.8 Å². The third kappa shape index (κ3) is 11.7. The number of nitrogens with one attached hydrogen (secondary N) is 1. The van der Waals surface area contributed by atoms with Gasteiger partial charge in [0.05, 0.1) is 5.69 Å². The molecule has 0 aliphatic carbocycles. The Kier molecular flexibility index (Phi) is 14.6. The van der Waals surface area contributed by atoms with Crippen LogP contribution in [0.3, 0.4) is 0 Å². The molecule has 1 aromatic carbocycles. The summed E-state index contributed by atoms with van der Waals surface area (Å²) >= 11 is 3.42. The normalized spacial score (nSPS) is 11.7. The molecule has 0 aliphatic heterocycles. The van der Waals surface area contributed by atoms with Crippen LogP contribution < -0.4 is 5.32 Å². The number of nitrogens with zero attached hydrogens (tertiary/aromatic N) is 3. The Bertz CT molecular complexity index is 850. The topological polar surface area (TPSA) is 70.9 Å². The number of aromatic hydroxyl groups is 1. The number of aromatic nitrogens is 3. The van der Waals surface area contributed by atoms with E-state index in [0.717, 1.165) is 27.4 Å². The molecule has 36 heavy (non-hydrogen) atoms. The van der Waals surface area contributed by atoms with Crippen LogP contribution in [0.15, 0.2) is 28.5 Å². The van der Waals surface area contributed by atoms with Gasteiger partial charge >= 0.3 is 0 Å². The molecule has 2 N–H and O–H groups in total. The average molecular weight is 533 g/mol. The first-order chi connectivity index (χ1) is 17.3. The number of rotatable bonds is 18. The van der Waals surface area contributed by atoms with Crippen LogP contribution in [0.25, 0.3) is 0 Å². The molecule has 202 valence electrons. The Balaban J connectivity index is 2.05. The second kappa shape index (κ2) is 17.1. The largest absolute Gasteiger partial charge is 0.505 e. The van der Waals surface area contributed by atoms with E-state index >= 15 is 0 Å². The summed E-state index contributed by atoms with van der Waals surface area (Å²) in [6, 6.07) is 5.81. The number of hydrogen-bond donors (Lipinski definition) is 2. The van der Waals surface area contributed by atoms with Crippen molar-refractivity contribution in [2.75, 3.05) is 16.8 Å². The van der Waals surface area contributed by atoms with E-state index in [0.29, 0.717) is 11.6 Å². The van der Waals surface area contributed by atoms with Gasteiger partial charge in [-0.3, -0.25) is 0 Å². The van der Waals surface area contributed by atoms with Crippen molar-refractivity contribution in [2.45, 2.75) is 127 Å². The van der Waals surface area contributed by atoms with E-state index < -0.39 is 0 Å². The molecule has 0 atom stereocenters. The van der Waals surface area contributed by atoms with E-state index in [1.54, 1.807) is 23.5 Å². The molecule has 0 spiro atoms. The lowest BCUT2D eigenvalue weighted by molar-refractivity contribution is 0.449. The molecule has 0 saturated heterocycles. The maximum Gasteiger partial charge on any atom is 0.232 e. The number of thioether (sulfide) groups is 2. The van der Waals surface area contributed by atoms with Gasteiger partial charge in [-0.2, -0.15) is 15.0 Å². The predicted molar refractivity (Wildman–Crippen MR) is 158 cm³/mol. The van der Waals surface area contributed by atoms with Crippen LogP contribution in [0.2, 0.25) is 0 Å². The minimum Gasteiger partial charge on any atom is -0.505 e. The maximum atomic E-state index is 10.9. The average Bonchev–Trinajstić information content (AvgIpc) is 2.83. The first-order valence-electron chi connectivity index (χ1n) is 14.0. The molecule has 0 unspecified atom stereocenters. The lowest BCUT2D eigenvalue weighted by atomic mass is 9.86. The minimum atomic E-state index is -0.156. The molecule has 5 nitrogen and oxygen atoms in total. The highest BCUT2D eigenvalue weighted by molar-refractivity contribution is 7.99. The van der Waals surface area contributed by atoms with E-state index in [1.165, 1.54) is 77.0 Å². The second-order valence-electron chi connectivity index (χ2n) is 10.5. The van der Waals surface area contributed by atoms with Gasteiger partial charge in [0.25, 0.3) is 0 Å². The van der Waals surface area contributed by atoms with E-state index in [-0.39, 0.29) is 11.2 Å². The smallest absolute Gasteiger partial charge is 0.232 e. The van der Waals surface area contributed by atoms with Crippen LogP contribution in [-0.2, 0) is 5.41 Å². The minimum absolute atomic E-state index is 0.156. The zero-order valence-corrected chi connectivity index (χ0v) is 24.9. The Hall–Kier alpha value is -1.47. The third-order valence-corrected chi connectivity index (χ3v) is 8.01. The highest BCUT2D eigenvalue weighted by atomic mass is 32.2. The summed E-state index contributed by atoms with van der Waals surface area (Å²) in [5, 5.41) is 15.7. The standard InChI is InChI=1S/C29H48N4OS2/c1-6-8-10-12-14-16-21-35-27-31-26(30-24-20-18-19-23(25(24)34)29(3,4)5)32-28(33-27)36-22-17-15-13-11-9-7-2/h18-20,34H,6-17,21-22H2,1-5H3,(H,30,31,32,33).